The Labute approximate surface area is 90.2 Å². The lowest BCUT2D eigenvalue weighted by Gasteiger charge is -2.30. The van der Waals surface area contributed by atoms with Gasteiger partial charge in [-0.25, -0.2) is 0 Å². The summed E-state index contributed by atoms with van der Waals surface area (Å²) in [6.45, 7) is 0. The van der Waals surface area contributed by atoms with Crippen LogP contribution in [0, 0.1) is 0 Å². The molecule has 0 radical (unpaired) electrons. The minimum atomic E-state index is -0.0335. The van der Waals surface area contributed by atoms with Crippen LogP contribution in [-0.2, 0) is 11.2 Å². The fourth-order valence-electron chi connectivity index (χ4n) is 2.18. The van der Waals surface area contributed by atoms with Gasteiger partial charge in [0.2, 0.25) is 0 Å². The smallest absolute Gasteiger partial charge is 0.119 e. The van der Waals surface area contributed by atoms with Crippen molar-refractivity contribution in [2.24, 2.45) is 5.73 Å². The SMILES string of the molecule is COc1ccc2c(c1)[C@@H](N)[C@@H](OC)CC2. The Morgan fingerprint density at radius 3 is 2.80 bits per heavy atom. The van der Waals surface area contributed by atoms with Crippen LogP contribution in [0.5, 0.6) is 5.75 Å². The number of ether oxygens (including phenoxy) is 2. The van der Waals surface area contributed by atoms with Crippen LogP contribution in [0.15, 0.2) is 18.2 Å². The minimum absolute atomic E-state index is 0.0335. The fourth-order valence-corrected chi connectivity index (χ4v) is 2.18. The lowest BCUT2D eigenvalue weighted by molar-refractivity contribution is 0.0678. The molecule has 3 nitrogen and oxygen atoms in total. The van der Waals surface area contributed by atoms with E-state index in [1.807, 2.05) is 12.1 Å². The maximum absolute atomic E-state index is 6.14. The Kier molecular flexibility index (Phi) is 2.93. The number of hydrogen-bond donors (Lipinski definition) is 1. The van der Waals surface area contributed by atoms with E-state index >= 15 is 0 Å². The molecule has 82 valence electrons. The highest BCUT2D eigenvalue weighted by molar-refractivity contribution is 5.39. The molecule has 0 bridgehead atoms. The number of methoxy groups -OCH3 is 2. The molecule has 0 amide bonds. The molecule has 0 heterocycles. The Hall–Kier alpha value is -1.06. The summed E-state index contributed by atoms with van der Waals surface area (Å²) in [5.41, 5.74) is 8.62. The Morgan fingerprint density at radius 1 is 1.33 bits per heavy atom. The molecular formula is C12H17NO2. The Morgan fingerprint density at radius 2 is 2.13 bits per heavy atom. The predicted octanol–water partition coefficient (Wildman–Crippen LogP) is 1.66. The number of rotatable bonds is 2. The van der Waals surface area contributed by atoms with Crippen molar-refractivity contribution < 1.29 is 9.47 Å². The van der Waals surface area contributed by atoms with Crippen molar-refractivity contribution in [2.75, 3.05) is 14.2 Å². The van der Waals surface area contributed by atoms with Gasteiger partial charge >= 0.3 is 0 Å². The van der Waals surface area contributed by atoms with Gasteiger partial charge in [-0.05, 0) is 36.1 Å². The van der Waals surface area contributed by atoms with E-state index < -0.39 is 0 Å². The van der Waals surface area contributed by atoms with E-state index in [1.165, 1.54) is 5.56 Å². The van der Waals surface area contributed by atoms with Crippen LogP contribution in [0.1, 0.15) is 23.6 Å². The van der Waals surface area contributed by atoms with E-state index in [9.17, 15) is 0 Å². The fraction of sp³-hybridized carbons (Fsp3) is 0.500. The maximum Gasteiger partial charge on any atom is 0.119 e. The highest BCUT2D eigenvalue weighted by Crippen LogP contribution is 2.32. The topological polar surface area (TPSA) is 44.5 Å². The molecule has 0 saturated heterocycles. The molecule has 0 fully saturated rings. The molecule has 0 spiro atoms. The van der Waals surface area contributed by atoms with Crippen molar-refractivity contribution in [3.05, 3.63) is 29.3 Å². The molecule has 1 aromatic rings. The summed E-state index contributed by atoms with van der Waals surface area (Å²) in [4.78, 5) is 0. The number of hydrogen-bond acceptors (Lipinski definition) is 3. The van der Waals surface area contributed by atoms with E-state index in [0.29, 0.717) is 0 Å². The van der Waals surface area contributed by atoms with Crippen LogP contribution in [0.3, 0.4) is 0 Å². The normalized spacial score (nSPS) is 24.7. The van der Waals surface area contributed by atoms with Crippen LogP contribution < -0.4 is 10.5 Å². The van der Waals surface area contributed by atoms with Crippen LogP contribution in [0.4, 0.5) is 0 Å². The number of benzene rings is 1. The number of aryl methyl sites for hydroxylation is 1. The molecule has 2 rings (SSSR count). The highest BCUT2D eigenvalue weighted by atomic mass is 16.5. The Balaban J connectivity index is 2.35. The first-order valence-electron chi connectivity index (χ1n) is 5.21. The van der Waals surface area contributed by atoms with E-state index in [-0.39, 0.29) is 12.1 Å². The van der Waals surface area contributed by atoms with Gasteiger partial charge in [0.15, 0.2) is 0 Å². The van der Waals surface area contributed by atoms with Crippen molar-refractivity contribution >= 4 is 0 Å². The standard InChI is InChI=1S/C12H17NO2/c1-14-9-5-3-8-4-6-11(15-2)12(13)10(8)7-9/h3,5,7,11-12H,4,6,13H2,1-2H3/t11-,12+/m0/s1. The summed E-state index contributed by atoms with van der Waals surface area (Å²) >= 11 is 0. The molecule has 0 aliphatic heterocycles. The first-order chi connectivity index (χ1) is 7.26. The third-order valence-electron chi connectivity index (χ3n) is 3.11. The van der Waals surface area contributed by atoms with E-state index in [0.717, 1.165) is 24.2 Å². The molecule has 0 unspecified atom stereocenters. The number of nitrogens with two attached hydrogens (primary N) is 1. The molecule has 1 aliphatic rings. The summed E-state index contributed by atoms with van der Waals surface area (Å²) in [6.07, 6.45) is 2.16. The van der Waals surface area contributed by atoms with Crippen molar-refractivity contribution in [2.45, 2.75) is 25.0 Å². The molecule has 1 aromatic carbocycles. The predicted molar refractivity (Wildman–Crippen MR) is 59.0 cm³/mol. The third-order valence-corrected chi connectivity index (χ3v) is 3.11. The second-order valence-electron chi connectivity index (χ2n) is 3.90. The lowest BCUT2D eigenvalue weighted by atomic mass is 9.86. The summed E-state index contributed by atoms with van der Waals surface area (Å²) in [5.74, 6) is 0.862. The van der Waals surface area contributed by atoms with Gasteiger partial charge < -0.3 is 15.2 Å². The van der Waals surface area contributed by atoms with Gasteiger partial charge in [0, 0.05) is 7.11 Å². The molecular weight excluding hydrogens is 190 g/mol. The first-order valence-corrected chi connectivity index (χ1v) is 5.21. The average molecular weight is 207 g/mol. The van der Waals surface area contributed by atoms with Crippen LogP contribution in [-0.4, -0.2) is 20.3 Å². The van der Waals surface area contributed by atoms with Gasteiger partial charge in [0.25, 0.3) is 0 Å². The second-order valence-corrected chi connectivity index (χ2v) is 3.90. The van der Waals surface area contributed by atoms with Crippen molar-refractivity contribution in [1.29, 1.82) is 0 Å². The van der Waals surface area contributed by atoms with Crippen LogP contribution in [0.2, 0.25) is 0 Å². The molecule has 2 N–H and O–H groups in total. The zero-order valence-electron chi connectivity index (χ0n) is 9.19. The van der Waals surface area contributed by atoms with Gasteiger partial charge in [-0.15, -0.1) is 0 Å². The molecule has 3 heteroatoms. The van der Waals surface area contributed by atoms with E-state index in [2.05, 4.69) is 6.07 Å². The van der Waals surface area contributed by atoms with E-state index in [4.69, 9.17) is 15.2 Å². The minimum Gasteiger partial charge on any atom is -0.497 e. The van der Waals surface area contributed by atoms with Gasteiger partial charge in [-0.3, -0.25) is 0 Å². The van der Waals surface area contributed by atoms with Crippen LogP contribution in [0.25, 0.3) is 0 Å². The van der Waals surface area contributed by atoms with E-state index in [1.54, 1.807) is 14.2 Å². The van der Waals surface area contributed by atoms with Gasteiger partial charge in [0.05, 0.1) is 19.3 Å². The summed E-state index contributed by atoms with van der Waals surface area (Å²) < 4.78 is 10.6. The molecule has 2 atom stereocenters. The zero-order chi connectivity index (χ0) is 10.8. The van der Waals surface area contributed by atoms with Crippen molar-refractivity contribution in [3.8, 4) is 5.75 Å². The largest absolute Gasteiger partial charge is 0.497 e. The van der Waals surface area contributed by atoms with Crippen LogP contribution >= 0.6 is 0 Å². The van der Waals surface area contributed by atoms with Gasteiger partial charge in [0.1, 0.15) is 5.75 Å². The summed E-state index contributed by atoms with van der Waals surface area (Å²) in [6, 6.07) is 6.07. The molecule has 0 saturated carbocycles. The quantitative estimate of drug-likeness (QED) is 0.802. The summed E-state index contributed by atoms with van der Waals surface area (Å²) in [5, 5.41) is 0. The Bertz CT molecular complexity index is 351. The third kappa shape index (κ3) is 1.85. The molecule has 1 aliphatic carbocycles. The maximum atomic E-state index is 6.14. The van der Waals surface area contributed by atoms with Gasteiger partial charge in [-0.2, -0.15) is 0 Å². The highest BCUT2D eigenvalue weighted by Gasteiger charge is 2.26. The lowest BCUT2D eigenvalue weighted by Crippen LogP contribution is -2.32. The molecule has 15 heavy (non-hydrogen) atoms. The first kappa shape index (κ1) is 10.5. The monoisotopic (exact) mass is 207 g/mol. The van der Waals surface area contributed by atoms with Crippen molar-refractivity contribution in [3.63, 3.8) is 0 Å². The zero-order valence-corrected chi connectivity index (χ0v) is 9.19. The average Bonchev–Trinajstić information content (AvgIpc) is 2.29. The second kappa shape index (κ2) is 4.21. The van der Waals surface area contributed by atoms with Crippen molar-refractivity contribution in [1.82, 2.24) is 0 Å². The molecule has 0 aromatic heterocycles. The van der Waals surface area contributed by atoms with Gasteiger partial charge in [-0.1, -0.05) is 6.07 Å². The summed E-state index contributed by atoms with van der Waals surface area (Å²) in [7, 11) is 3.39. The number of fused-ring (bicyclic) bond motifs is 1.